The third-order valence-corrected chi connectivity index (χ3v) is 4.45. The first kappa shape index (κ1) is 12.2. The number of hydrogen-bond acceptors (Lipinski definition) is 2. The van der Waals surface area contributed by atoms with E-state index >= 15 is 0 Å². The lowest BCUT2D eigenvalue weighted by atomic mass is 10.3. The van der Waals surface area contributed by atoms with Crippen molar-refractivity contribution in [1.82, 2.24) is 9.34 Å². The minimum atomic E-state index is -2.92. The SMILES string of the molecule is CN(C)P(=O)(Oc1ccccc1)N(C)C. The van der Waals surface area contributed by atoms with Crippen LogP contribution in [0.25, 0.3) is 0 Å². The van der Waals surface area contributed by atoms with E-state index in [0.717, 1.165) is 0 Å². The summed E-state index contributed by atoms with van der Waals surface area (Å²) < 4.78 is 21.1. The molecule has 0 N–H and O–H groups in total. The Hall–Kier alpha value is -0.830. The van der Waals surface area contributed by atoms with Crippen molar-refractivity contribution >= 4 is 7.67 Å². The molecule has 0 saturated heterocycles. The monoisotopic (exact) mass is 228 g/mol. The smallest absolute Gasteiger partial charge is 0.394 e. The molecule has 0 aliphatic heterocycles. The first-order valence-electron chi connectivity index (χ1n) is 4.67. The van der Waals surface area contributed by atoms with E-state index in [-0.39, 0.29) is 0 Å². The first-order valence-corrected chi connectivity index (χ1v) is 6.20. The molecule has 0 saturated carbocycles. The van der Waals surface area contributed by atoms with E-state index < -0.39 is 7.67 Å². The Morgan fingerprint density at radius 1 is 1.00 bits per heavy atom. The van der Waals surface area contributed by atoms with Crippen LogP contribution in [0, 0.1) is 0 Å². The van der Waals surface area contributed by atoms with E-state index in [1.54, 1.807) is 49.7 Å². The summed E-state index contributed by atoms with van der Waals surface area (Å²) in [6.45, 7) is 0. The summed E-state index contributed by atoms with van der Waals surface area (Å²) in [6.07, 6.45) is 0. The lowest BCUT2D eigenvalue weighted by Gasteiger charge is -2.29. The fraction of sp³-hybridized carbons (Fsp3) is 0.400. The van der Waals surface area contributed by atoms with Gasteiger partial charge in [-0.3, -0.25) is 0 Å². The van der Waals surface area contributed by atoms with Crippen molar-refractivity contribution in [2.45, 2.75) is 0 Å². The van der Waals surface area contributed by atoms with E-state index in [1.165, 1.54) is 0 Å². The molecule has 5 heteroatoms. The van der Waals surface area contributed by atoms with E-state index in [4.69, 9.17) is 4.52 Å². The zero-order valence-electron chi connectivity index (χ0n) is 9.54. The van der Waals surface area contributed by atoms with Crippen molar-refractivity contribution in [3.63, 3.8) is 0 Å². The fourth-order valence-corrected chi connectivity index (χ4v) is 2.58. The Labute approximate surface area is 91.0 Å². The summed E-state index contributed by atoms with van der Waals surface area (Å²) in [7, 11) is 4.04. The van der Waals surface area contributed by atoms with E-state index in [1.807, 2.05) is 18.2 Å². The highest BCUT2D eigenvalue weighted by Crippen LogP contribution is 2.50. The van der Waals surface area contributed by atoms with Crippen LogP contribution in [0.15, 0.2) is 30.3 Å². The Bertz CT molecular complexity index is 340. The average molecular weight is 228 g/mol. The van der Waals surface area contributed by atoms with Crippen molar-refractivity contribution in [2.75, 3.05) is 28.2 Å². The molecule has 0 radical (unpaired) electrons. The van der Waals surface area contributed by atoms with Crippen molar-refractivity contribution in [1.29, 1.82) is 0 Å². The van der Waals surface area contributed by atoms with Crippen LogP contribution in [0.1, 0.15) is 0 Å². The Balaban J connectivity index is 2.91. The van der Waals surface area contributed by atoms with Gasteiger partial charge in [-0.2, -0.15) is 0 Å². The van der Waals surface area contributed by atoms with Crippen LogP contribution < -0.4 is 4.52 Å². The molecule has 0 amide bonds. The summed E-state index contributed by atoms with van der Waals surface area (Å²) in [5.41, 5.74) is 0. The molecule has 4 nitrogen and oxygen atoms in total. The molecular weight excluding hydrogens is 211 g/mol. The van der Waals surface area contributed by atoms with Gasteiger partial charge in [0.1, 0.15) is 5.75 Å². The first-order chi connectivity index (χ1) is 6.97. The van der Waals surface area contributed by atoms with Crippen molar-refractivity contribution < 1.29 is 9.09 Å². The van der Waals surface area contributed by atoms with Crippen LogP contribution in [0.3, 0.4) is 0 Å². The second-order valence-electron chi connectivity index (χ2n) is 3.59. The standard InChI is InChI=1S/C10H17N2O2P/c1-11(2)15(13,12(3)4)14-10-8-6-5-7-9-10/h5-9H,1-4H3. The van der Waals surface area contributed by atoms with Gasteiger partial charge >= 0.3 is 7.67 Å². The van der Waals surface area contributed by atoms with Gasteiger partial charge in [0, 0.05) is 0 Å². The highest BCUT2D eigenvalue weighted by molar-refractivity contribution is 7.54. The highest BCUT2D eigenvalue weighted by atomic mass is 31.2. The van der Waals surface area contributed by atoms with E-state index in [9.17, 15) is 4.57 Å². The number of benzene rings is 1. The molecule has 15 heavy (non-hydrogen) atoms. The van der Waals surface area contributed by atoms with Gasteiger partial charge in [-0.15, -0.1) is 0 Å². The van der Waals surface area contributed by atoms with E-state index in [0.29, 0.717) is 5.75 Å². The average Bonchev–Trinajstić information content (AvgIpc) is 2.18. The maximum atomic E-state index is 12.4. The minimum absolute atomic E-state index is 0.614. The maximum Gasteiger partial charge on any atom is 0.394 e. The molecule has 0 atom stereocenters. The van der Waals surface area contributed by atoms with Crippen molar-refractivity contribution in [3.05, 3.63) is 30.3 Å². The molecular formula is C10H17N2O2P. The predicted molar refractivity (Wildman–Crippen MR) is 62.1 cm³/mol. The number of para-hydroxylation sites is 1. The van der Waals surface area contributed by atoms with Gasteiger partial charge in [0.15, 0.2) is 0 Å². The van der Waals surface area contributed by atoms with Crippen LogP contribution >= 0.6 is 7.67 Å². The number of hydrogen-bond donors (Lipinski definition) is 0. The number of rotatable bonds is 4. The zero-order valence-corrected chi connectivity index (χ0v) is 10.4. The third kappa shape index (κ3) is 2.81. The summed E-state index contributed by atoms with van der Waals surface area (Å²) in [4.78, 5) is 0. The van der Waals surface area contributed by atoms with Gasteiger partial charge in [0.25, 0.3) is 0 Å². The molecule has 84 valence electrons. The maximum absolute atomic E-state index is 12.4. The van der Waals surface area contributed by atoms with Crippen molar-refractivity contribution in [3.8, 4) is 5.75 Å². The van der Waals surface area contributed by atoms with Gasteiger partial charge in [0.05, 0.1) is 0 Å². The molecule has 0 aliphatic carbocycles. The molecule has 1 rings (SSSR count). The minimum Gasteiger partial charge on any atom is -0.422 e. The van der Waals surface area contributed by atoms with Gasteiger partial charge in [-0.25, -0.2) is 13.9 Å². The predicted octanol–water partition coefficient (Wildman–Crippen LogP) is 2.30. The molecule has 0 unspecified atom stereocenters. The highest BCUT2D eigenvalue weighted by Gasteiger charge is 2.30. The molecule has 0 fully saturated rings. The van der Waals surface area contributed by atoms with Crippen LogP contribution in [0.2, 0.25) is 0 Å². The lowest BCUT2D eigenvalue weighted by Crippen LogP contribution is -2.24. The molecule has 0 bridgehead atoms. The third-order valence-electron chi connectivity index (χ3n) is 1.98. The second kappa shape index (κ2) is 4.79. The number of nitrogens with zero attached hydrogens (tertiary/aromatic N) is 2. The fourth-order valence-electron chi connectivity index (χ4n) is 1.14. The van der Waals surface area contributed by atoms with Crippen LogP contribution in [-0.2, 0) is 4.57 Å². The van der Waals surface area contributed by atoms with Gasteiger partial charge in [-0.05, 0) is 40.3 Å². The molecule has 1 aromatic carbocycles. The molecule has 0 spiro atoms. The normalized spacial score (nSPS) is 12.1. The largest absolute Gasteiger partial charge is 0.422 e. The summed E-state index contributed by atoms with van der Waals surface area (Å²) >= 11 is 0. The summed E-state index contributed by atoms with van der Waals surface area (Å²) in [5, 5.41) is 0. The van der Waals surface area contributed by atoms with Gasteiger partial charge < -0.3 is 4.52 Å². The van der Waals surface area contributed by atoms with Crippen LogP contribution in [-0.4, -0.2) is 37.5 Å². The molecule has 0 aromatic heterocycles. The lowest BCUT2D eigenvalue weighted by molar-refractivity contribution is 0.354. The Morgan fingerprint density at radius 3 is 1.87 bits per heavy atom. The molecule has 0 aliphatic rings. The van der Waals surface area contributed by atoms with Crippen LogP contribution in [0.5, 0.6) is 5.75 Å². The topological polar surface area (TPSA) is 32.8 Å². The Morgan fingerprint density at radius 2 is 1.47 bits per heavy atom. The zero-order chi connectivity index (χ0) is 11.5. The molecule has 0 heterocycles. The van der Waals surface area contributed by atoms with Gasteiger partial charge in [-0.1, -0.05) is 18.2 Å². The van der Waals surface area contributed by atoms with Crippen molar-refractivity contribution in [2.24, 2.45) is 0 Å². The second-order valence-corrected chi connectivity index (χ2v) is 6.35. The summed E-state index contributed by atoms with van der Waals surface area (Å²) in [5.74, 6) is 0.614. The van der Waals surface area contributed by atoms with E-state index in [2.05, 4.69) is 0 Å². The quantitative estimate of drug-likeness (QED) is 0.740. The Kier molecular flexibility index (Phi) is 3.91. The van der Waals surface area contributed by atoms with Crippen LogP contribution in [0.4, 0.5) is 0 Å². The summed E-state index contributed by atoms with van der Waals surface area (Å²) in [6, 6.07) is 9.18. The van der Waals surface area contributed by atoms with Gasteiger partial charge in [0.2, 0.25) is 0 Å². The molecule has 1 aromatic rings.